The van der Waals surface area contributed by atoms with Crippen LogP contribution in [0.1, 0.15) is 26.2 Å². The minimum atomic E-state index is -0.339. The Morgan fingerprint density at radius 3 is 2.25 bits per heavy atom. The van der Waals surface area contributed by atoms with E-state index in [1.165, 1.54) is 0 Å². The van der Waals surface area contributed by atoms with Gasteiger partial charge in [0, 0.05) is 18.2 Å². The zero-order valence-electron chi connectivity index (χ0n) is 9.21. The number of esters is 2. The van der Waals surface area contributed by atoms with Crippen LogP contribution < -0.4 is 0 Å². The van der Waals surface area contributed by atoms with Gasteiger partial charge < -0.3 is 9.47 Å². The van der Waals surface area contributed by atoms with Crippen LogP contribution >= 0.6 is 23.2 Å². The molecule has 94 valence electrons. The molecule has 0 aliphatic heterocycles. The molecule has 16 heavy (non-hydrogen) atoms. The van der Waals surface area contributed by atoms with Gasteiger partial charge in [0.15, 0.2) is 0 Å². The van der Waals surface area contributed by atoms with Crippen LogP contribution in [0, 0.1) is 0 Å². The molecule has 0 aromatic carbocycles. The summed E-state index contributed by atoms with van der Waals surface area (Å²) in [6.07, 6.45) is 0.585. The van der Waals surface area contributed by atoms with Crippen LogP contribution in [0.2, 0.25) is 0 Å². The molecule has 0 aliphatic carbocycles. The number of carbonyl (C=O) groups is 2. The Labute approximate surface area is 105 Å². The van der Waals surface area contributed by atoms with Crippen LogP contribution in [0.15, 0.2) is 0 Å². The lowest BCUT2D eigenvalue weighted by molar-refractivity contribution is -0.149. The van der Waals surface area contributed by atoms with Gasteiger partial charge in [0.25, 0.3) is 0 Å². The molecule has 0 spiro atoms. The monoisotopic (exact) mass is 270 g/mol. The highest BCUT2D eigenvalue weighted by atomic mass is 35.5. The third kappa shape index (κ3) is 8.80. The molecule has 0 N–H and O–H groups in total. The summed E-state index contributed by atoms with van der Waals surface area (Å²) in [5.41, 5.74) is 0. The lowest BCUT2D eigenvalue weighted by Gasteiger charge is -2.12. The van der Waals surface area contributed by atoms with Crippen molar-refractivity contribution in [2.45, 2.75) is 32.3 Å². The first kappa shape index (κ1) is 15.5. The van der Waals surface area contributed by atoms with E-state index in [2.05, 4.69) is 0 Å². The second-order valence-corrected chi connectivity index (χ2v) is 3.94. The fourth-order valence-corrected chi connectivity index (χ4v) is 1.22. The molecule has 0 amide bonds. The fraction of sp³-hybridized carbons (Fsp3) is 0.800. The van der Waals surface area contributed by atoms with Gasteiger partial charge >= 0.3 is 11.9 Å². The summed E-state index contributed by atoms with van der Waals surface area (Å²) >= 11 is 10.7. The second kappa shape index (κ2) is 9.73. The molecule has 0 bridgehead atoms. The fourth-order valence-electron chi connectivity index (χ4n) is 0.907. The zero-order chi connectivity index (χ0) is 12.4. The normalized spacial score (nSPS) is 11.9. The van der Waals surface area contributed by atoms with Crippen molar-refractivity contribution in [2.24, 2.45) is 0 Å². The Bertz CT molecular complexity index is 221. The first-order valence-corrected chi connectivity index (χ1v) is 6.14. The molecule has 4 nitrogen and oxygen atoms in total. The molecule has 0 heterocycles. The third-order valence-corrected chi connectivity index (χ3v) is 2.10. The molecular weight excluding hydrogens is 255 g/mol. The largest absolute Gasteiger partial charge is 0.465 e. The molecule has 0 unspecified atom stereocenters. The second-order valence-electron chi connectivity index (χ2n) is 3.19. The van der Waals surface area contributed by atoms with E-state index in [0.29, 0.717) is 6.42 Å². The van der Waals surface area contributed by atoms with E-state index >= 15 is 0 Å². The van der Waals surface area contributed by atoms with Crippen molar-refractivity contribution in [1.29, 1.82) is 0 Å². The minimum Gasteiger partial charge on any atom is -0.465 e. The van der Waals surface area contributed by atoms with Gasteiger partial charge in [-0.3, -0.25) is 9.59 Å². The number of hydrogen-bond acceptors (Lipinski definition) is 4. The number of alkyl halides is 2. The summed E-state index contributed by atoms with van der Waals surface area (Å²) in [4.78, 5) is 21.9. The van der Waals surface area contributed by atoms with E-state index in [1.807, 2.05) is 0 Å². The molecule has 0 saturated heterocycles. The van der Waals surface area contributed by atoms with Crippen molar-refractivity contribution in [3.05, 3.63) is 0 Å². The highest BCUT2D eigenvalue weighted by molar-refractivity contribution is 6.19. The Morgan fingerprint density at radius 2 is 1.69 bits per heavy atom. The lowest BCUT2D eigenvalue weighted by atomic mass is 10.3. The van der Waals surface area contributed by atoms with E-state index in [0.717, 1.165) is 0 Å². The molecule has 0 saturated carbocycles. The highest BCUT2D eigenvalue weighted by Gasteiger charge is 2.10. The van der Waals surface area contributed by atoms with E-state index in [9.17, 15) is 9.59 Å². The van der Waals surface area contributed by atoms with Crippen molar-refractivity contribution in [3.8, 4) is 0 Å². The van der Waals surface area contributed by atoms with E-state index in [-0.39, 0.29) is 49.3 Å². The maximum atomic E-state index is 11.0. The maximum Gasteiger partial charge on any atom is 0.307 e. The van der Waals surface area contributed by atoms with Gasteiger partial charge in [0.2, 0.25) is 0 Å². The third-order valence-electron chi connectivity index (χ3n) is 1.72. The zero-order valence-corrected chi connectivity index (χ0v) is 10.7. The SMILES string of the molecule is C[C@H](CCOC(=O)CCCl)OC(=O)CCCl. The quantitative estimate of drug-likeness (QED) is 0.501. The first-order valence-electron chi connectivity index (χ1n) is 5.07. The number of rotatable bonds is 8. The lowest BCUT2D eigenvalue weighted by Crippen LogP contribution is -2.18. The molecule has 1 atom stereocenters. The number of halogens is 2. The van der Waals surface area contributed by atoms with Gasteiger partial charge in [0.1, 0.15) is 6.10 Å². The van der Waals surface area contributed by atoms with Crippen LogP contribution in [-0.4, -0.2) is 36.4 Å². The van der Waals surface area contributed by atoms with Crippen molar-refractivity contribution in [2.75, 3.05) is 18.4 Å². The summed E-state index contributed by atoms with van der Waals surface area (Å²) in [5, 5.41) is 0. The van der Waals surface area contributed by atoms with E-state index < -0.39 is 0 Å². The molecule has 0 aromatic rings. The molecule has 0 aliphatic rings. The Morgan fingerprint density at radius 1 is 1.12 bits per heavy atom. The van der Waals surface area contributed by atoms with Crippen LogP contribution in [-0.2, 0) is 19.1 Å². The topological polar surface area (TPSA) is 52.6 Å². The molecule has 6 heteroatoms. The molecule has 0 fully saturated rings. The van der Waals surface area contributed by atoms with Gasteiger partial charge in [-0.1, -0.05) is 0 Å². The average Bonchev–Trinajstić information content (AvgIpc) is 2.18. The summed E-state index contributed by atoms with van der Waals surface area (Å²) in [6, 6.07) is 0. The number of ether oxygens (including phenoxy) is 2. The van der Waals surface area contributed by atoms with Crippen LogP contribution in [0.3, 0.4) is 0 Å². The smallest absolute Gasteiger partial charge is 0.307 e. The molecule has 0 aromatic heterocycles. The first-order chi connectivity index (χ1) is 7.60. The Hall–Kier alpha value is -0.480. The molecule has 0 rings (SSSR count). The predicted molar refractivity (Wildman–Crippen MR) is 61.8 cm³/mol. The molecular formula is C10H16Cl2O4. The van der Waals surface area contributed by atoms with Crippen molar-refractivity contribution < 1.29 is 19.1 Å². The van der Waals surface area contributed by atoms with Crippen molar-refractivity contribution in [3.63, 3.8) is 0 Å². The van der Waals surface area contributed by atoms with Crippen LogP contribution in [0.25, 0.3) is 0 Å². The summed E-state index contributed by atoms with van der Waals surface area (Å²) in [6.45, 7) is 1.96. The minimum absolute atomic E-state index is 0.192. The molecule has 0 radical (unpaired) electrons. The van der Waals surface area contributed by atoms with E-state index in [4.69, 9.17) is 32.7 Å². The van der Waals surface area contributed by atoms with Gasteiger partial charge in [-0.25, -0.2) is 0 Å². The van der Waals surface area contributed by atoms with Crippen LogP contribution in [0.5, 0.6) is 0 Å². The Kier molecular flexibility index (Phi) is 9.43. The standard InChI is InChI=1S/C10H16Cl2O4/c1-8(16-10(14)3-6-12)4-7-15-9(13)2-5-11/h8H,2-7H2,1H3/t8-/m1/s1. The summed E-state index contributed by atoms with van der Waals surface area (Å²) in [5.74, 6) is -0.182. The highest BCUT2D eigenvalue weighted by Crippen LogP contribution is 2.02. The van der Waals surface area contributed by atoms with Crippen LogP contribution in [0.4, 0.5) is 0 Å². The Balaban J connectivity index is 3.53. The maximum absolute atomic E-state index is 11.0. The number of hydrogen-bond donors (Lipinski definition) is 0. The van der Waals surface area contributed by atoms with Gasteiger partial charge in [-0.15, -0.1) is 23.2 Å². The van der Waals surface area contributed by atoms with Gasteiger partial charge in [0.05, 0.1) is 19.4 Å². The van der Waals surface area contributed by atoms with Gasteiger partial charge in [-0.05, 0) is 6.92 Å². The average molecular weight is 271 g/mol. The van der Waals surface area contributed by atoms with Gasteiger partial charge in [-0.2, -0.15) is 0 Å². The number of carbonyl (C=O) groups excluding carboxylic acids is 2. The van der Waals surface area contributed by atoms with Crippen molar-refractivity contribution >= 4 is 35.1 Å². The summed E-state index contributed by atoms with van der Waals surface area (Å²) < 4.78 is 9.85. The van der Waals surface area contributed by atoms with E-state index in [1.54, 1.807) is 6.92 Å². The summed E-state index contributed by atoms with van der Waals surface area (Å²) in [7, 11) is 0. The van der Waals surface area contributed by atoms with Crippen molar-refractivity contribution in [1.82, 2.24) is 0 Å². The predicted octanol–water partition coefficient (Wildman–Crippen LogP) is 2.11.